The smallest absolute Gasteiger partial charge is 0.251 e. The van der Waals surface area contributed by atoms with Gasteiger partial charge in [0, 0.05) is 11.3 Å². The Kier molecular flexibility index (Phi) is 5.25. The van der Waals surface area contributed by atoms with Gasteiger partial charge in [0.2, 0.25) is 0 Å². The average Bonchev–Trinajstić information content (AvgIpc) is 2.54. The minimum atomic E-state index is -0.138. The molecule has 0 spiro atoms. The van der Waals surface area contributed by atoms with Gasteiger partial charge in [-0.25, -0.2) is 0 Å². The second kappa shape index (κ2) is 7.36. The van der Waals surface area contributed by atoms with Crippen molar-refractivity contribution in [1.82, 2.24) is 5.32 Å². The highest BCUT2D eigenvalue weighted by Gasteiger charge is 2.06. The maximum atomic E-state index is 12.0. The summed E-state index contributed by atoms with van der Waals surface area (Å²) in [6.45, 7) is 2.69. The third-order valence-corrected chi connectivity index (χ3v) is 3.25. The van der Waals surface area contributed by atoms with Crippen LogP contribution in [0.25, 0.3) is 0 Å². The number of carbonyl (C=O) groups excluding carboxylic acids is 1. The second-order valence-corrected chi connectivity index (χ2v) is 4.85. The molecule has 5 nitrogen and oxygen atoms in total. The summed E-state index contributed by atoms with van der Waals surface area (Å²) in [4.78, 5) is 12.0. The van der Waals surface area contributed by atoms with Crippen molar-refractivity contribution in [3.8, 4) is 11.5 Å². The fourth-order valence-electron chi connectivity index (χ4n) is 1.92. The first kappa shape index (κ1) is 15.7. The monoisotopic (exact) mass is 300 g/mol. The summed E-state index contributed by atoms with van der Waals surface area (Å²) < 4.78 is 10.6. The molecule has 116 valence electrons. The standard InChI is InChI=1S/C17H20N2O3/c1-12-11-13(3-8-16(12)18)17(20)19-9-10-22-15-6-4-14(21-2)5-7-15/h3-8,11H,9-10,18H2,1-2H3,(H,19,20). The fraction of sp³-hybridized carbons (Fsp3) is 0.235. The molecule has 2 aromatic carbocycles. The molecule has 22 heavy (non-hydrogen) atoms. The molecule has 5 heteroatoms. The van der Waals surface area contributed by atoms with Gasteiger partial charge in [-0.15, -0.1) is 0 Å². The number of nitrogen functional groups attached to an aromatic ring is 1. The topological polar surface area (TPSA) is 73.6 Å². The van der Waals surface area contributed by atoms with Crippen molar-refractivity contribution >= 4 is 11.6 Å². The Balaban J connectivity index is 1.77. The van der Waals surface area contributed by atoms with Crippen molar-refractivity contribution in [2.75, 3.05) is 26.0 Å². The molecule has 0 aliphatic carbocycles. The summed E-state index contributed by atoms with van der Waals surface area (Å²) in [5.74, 6) is 1.37. The van der Waals surface area contributed by atoms with Gasteiger partial charge in [-0.1, -0.05) is 0 Å². The summed E-state index contributed by atoms with van der Waals surface area (Å²) in [7, 11) is 1.62. The first-order valence-electron chi connectivity index (χ1n) is 7.01. The zero-order chi connectivity index (χ0) is 15.9. The minimum Gasteiger partial charge on any atom is -0.497 e. The molecule has 2 aromatic rings. The second-order valence-electron chi connectivity index (χ2n) is 4.85. The predicted molar refractivity (Wildman–Crippen MR) is 86.4 cm³/mol. The minimum absolute atomic E-state index is 0.138. The van der Waals surface area contributed by atoms with Gasteiger partial charge >= 0.3 is 0 Å². The van der Waals surface area contributed by atoms with E-state index in [0.29, 0.717) is 24.4 Å². The van der Waals surface area contributed by atoms with Crippen LogP contribution in [0, 0.1) is 6.92 Å². The summed E-state index contributed by atoms with van der Waals surface area (Å²) >= 11 is 0. The Hall–Kier alpha value is -2.69. The molecule has 2 rings (SSSR count). The first-order chi connectivity index (χ1) is 10.6. The van der Waals surface area contributed by atoms with Crippen molar-refractivity contribution in [3.63, 3.8) is 0 Å². The van der Waals surface area contributed by atoms with E-state index in [1.54, 1.807) is 25.3 Å². The lowest BCUT2D eigenvalue weighted by Crippen LogP contribution is -2.28. The number of hydrogen-bond donors (Lipinski definition) is 2. The fourth-order valence-corrected chi connectivity index (χ4v) is 1.92. The first-order valence-corrected chi connectivity index (χ1v) is 7.01. The number of aryl methyl sites for hydroxylation is 1. The van der Waals surface area contributed by atoms with Crippen LogP contribution in [0.3, 0.4) is 0 Å². The molecule has 0 aromatic heterocycles. The molecule has 0 aliphatic heterocycles. The molecule has 0 heterocycles. The number of carbonyl (C=O) groups is 1. The summed E-state index contributed by atoms with van der Waals surface area (Å²) in [6, 6.07) is 12.5. The highest BCUT2D eigenvalue weighted by Crippen LogP contribution is 2.16. The maximum Gasteiger partial charge on any atom is 0.251 e. The third kappa shape index (κ3) is 4.15. The van der Waals surface area contributed by atoms with Crippen LogP contribution in [0.1, 0.15) is 15.9 Å². The SMILES string of the molecule is COc1ccc(OCCNC(=O)c2ccc(N)c(C)c2)cc1. The Bertz CT molecular complexity index is 639. The van der Waals surface area contributed by atoms with Crippen molar-refractivity contribution in [2.45, 2.75) is 6.92 Å². The van der Waals surface area contributed by atoms with E-state index in [1.165, 1.54) is 0 Å². The number of benzene rings is 2. The van der Waals surface area contributed by atoms with E-state index in [4.69, 9.17) is 15.2 Å². The Morgan fingerprint density at radius 2 is 1.82 bits per heavy atom. The lowest BCUT2D eigenvalue weighted by Gasteiger charge is -2.09. The van der Waals surface area contributed by atoms with Gasteiger partial charge in [-0.05, 0) is 55.0 Å². The number of nitrogens with one attached hydrogen (secondary N) is 1. The zero-order valence-electron chi connectivity index (χ0n) is 12.8. The number of anilines is 1. The largest absolute Gasteiger partial charge is 0.497 e. The summed E-state index contributed by atoms with van der Waals surface area (Å²) in [5, 5.41) is 2.81. The molecule has 0 bridgehead atoms. The molecule has 0 radical (unpaired) electrons. The van der Waals surface area contributed by atoms with Crippen LogP contribution in [0.2, 0.25) is 0 Å². The number of rotatable bonds is 6. The number of methoxy groups -OCH3 is 1. The Morgan fingerprint density at radius 1 is 1.14 bits per heavy atom. The molecule has 0 unspecified atom stereocenters. The van der Waals surface area contributed by atoms with E-state index in [1.807, 2.05) is 31.2 Å². The van der Waals surface area contributed by atoms with Crippen LogP contribution in [-0.4, -0.2) is 26.2 Å². The number of amides is 1. The van der Waals surface area contributed by atoms with Gasteiger partial charge in [-0.3, -0.25) is 4.79 Å². The van der Waals surface area contributed by atoms with Crippen molar-refractivity contribution < 1.29 is 14.3 Å². The quantitative estimate of drug-likeness (QED) is 0.634. The van der Waals surface area contributed by atoms with Crippen LogP contribution >= 0.6 is 0 Å². The maximum absolute atomic E-state index is 12.0. The molecular weight excluding hydrogens is 280 g/mol. The molecule has 0 saturated heterocycles. The van der Waals surface area contributed by atoms with Crippen LogP contribution in [0.15, 0.2) is 42.5 Å². The van der Waals surface area contributed by atoms with Crippen LogP contribution in [-0.2, 0) is 0 Å². The Morgan fingerprint density at radius 3 is 2.45 bits per heavy atom. The van der Waals surface area contributed by atoms with Gasteiger partial charge in [0.15, 0.2) is 0 Å². The normalized spacial score (nSPS) is 10.1. The highest BCUT2D eigenvalue weighted by molar-refractivity contribution is 5.94. The van der Waals surface area contributed by atoms with Crippen molar-refractivity contribution in [3.05, 3.63) is 53.6 Å². The predicted octanol–water partition coefficient (Wildman–Crippen LogP) is 2.39. The van der Waals surface area contributed by atoms with E-state index in [9.17, 15) is 4.79 Å². The molecule has 3 N–H and O–H groups in total. The number of hydrogen-bond acceptors (Lipinski definition) is 4. The van der Waals surface area contributed by atoms with E-state index in [2.05, 4.69) is 5.32 Å². The summed E-state index contributed by atoms with van der Waals surface area (Å²) in [5.41, 5.74) is 7.90. The molecule has 0 fully saturated rings. The van der Waals surface area contributed by atoms with Crippen molar-refractivity contribution in [2.24, 2.45) is 0 Å². The number of ether oxygens (including phenoxy) is 2. The number of nitrogens with two attached hydrogens (primary N) is 1. The molecule has 0 saturated carbocycles. The van der Waals surface area contributed by atoms with Crippen LogP contribution < -0.4 is 20.5 Å². The molecular formula is C17H20N2O3. The molecule has 1 amide bonds. The Labute approximate surface area is 130 Å². The third-order valence-electron chi connectivity index (χ3n) is 3.25. The van der Waals surface area contributed by atoms with Gasteiger partial charge in [0.1, 0.15) is 18.1 Å². The lowest BCUT2D eigenvalue weighted by molar-refractivity contribution is 0.0947. The summed E-state index contributed by atoms with van der Waals surface area (Å²) in [6.07, 6.45) is 0. The van der Waals surface area contributed by atoms with Gasteiger partial charge in [0.05, 0.1) is 13.7 Å². The van der Waals surface area contributed by atoms with Gasteiger partial charge < -0.3 is 20.5 Å². The van der Waals surface area contributed by atoms with Crippen molar-refractivity contribution in [1.29, 1.82) is 0 Å². The highest BCUT2D eigenvalue weighted by atomic mass is 16.5. The molecule has 0 atom stereocenters. The lowest BCUT2D eigenvalue weighted by atomic mass is 10.1. The van der Waals surface area contributed by atoms with Crippen LogP contribution in [0.4, 0.5) is 5.69 Å². The van der Waals surface area contributed by atoms with Gasteiger partial charge in [0.25, 0.3) is 5.91 Å². The van der Waals surface area contributed by atoms with E-state index in [0.717, 1.165) is 17.1 Å². The van der Waals surface area contributed by atoms with E-state index in [-0.39, 0.29) is 5.91 Å². The molecule has 0 aliphatic rings. The zero-order valence-corrected chi connectivity index (χ0v) is 12.8. The van der Waals surface area contributed by atoms with E-state index >= 15 is 0 Å². The average molecular weight is 300 g/mol. The van der Waals surface area contributed by atoms with E-state index < -0.39 is 0 Å². The van der Waals surface area contributed by atoms with Crippen LogP contribution in [0.5, 0.6) is 11.5 Å². The van der Waals surface area contributed by atoms with Gasteiger partial charge in [-0.2, -0.15) is 0 Å².